The molecule has 3 N–H and O–H groups in total. The first-order valence-corrected chi connectivity index (χ1v) is 26.0. The second-order valence-corrected chi connectivity index (χ2v) is 17.5. The normalized spacial score (nSPS) is 13.7. The number of amides is 1. The van der Waals surface area contributed by atoms with Crippen molar-refractivity contribution in [1.29, 1.82) is 0 Å². The van der Waals surface area contributed by atoms with Gasteiger partial charge in [0.25, 0.3) is 0 Å². The summed E-state index contributed by atoms with van der Waals surface area (Å²) in [6.45, 7) is 6.33. The summed E-state index contributed by atoms with van der Waals surface area (Å²) in [6.07, 6.45) is 60.3. The molecule has 0 rings (SSSR count). The molecule has 0 aliphatic carbocycles. The molecule has 0 aromatic rings. The summed E-state index contributed by atoms with van der Waals surface area (Å²) in [7, 11) is 0. The molecule has 6 nitrogen and oxygen atoms in total. The van der Waals surface area contributed by atoms with Crippen molar-refractivity contribution in [1.82, 2.24) is 5.32 Å². The first-order chi connectivity index (χ1) is 30.0. The zero-order chi connectivity index (χ0) is 44.5. The Morgan fingerprint density at radius 1 is 0.508 bits per heavy atom. The van der Waals surface area contributed by atoms with E-state index in [9.17, 15) is 19.8 Å². The first-order valence-electron chi connectivity index (χ1n) is 26.0. The number of carbonyl (C=O) groups is 2. The van der Waals surface area contributed by atoms with E-state index in [2.05, 4.69) is 74.7 Å². The van der Waals surface area contributed by atoms with E-state index in [-0.39, 0.29) is 24.9 Å². The summed E-state index contributed by atoms with van der Waals surface area (Å²) in [5, 5.41) is 23.7. The molecule has 354 valence electrons. The molecule has 0 bridgehead atoms. The van der Waals surface area contributed by atoms with E-state index in [4.69, 9.17) is 4.74 Å². The molecular formula is C55H99NO5. The topological polar surface area (TPSA) is 95.9 Å². The van der Waals surface area contributed by atoms with Gasteiger partial charge in [-0.1, -0.05) is 230 Å². The molecule has 0 aliphatic heterocycles. The van der Waals surface area contributed by atoms with E-state index in [1.807, 2.05) is 12.2 Å². The minimum atomic E-state index is -0.816. The average Bonchev–Trinajstić information content (AvgIpc) is 3.25. The molecule has 0 aromatic carbocycles. The smallest absolute Gasteiger partial charge is 0.306 e. The van der Waals surface area contributed by atoms with E-state index in [1.165, 1.54) is 128 Å². The van der Waals surface area contributed by atoms with Gasteiger partial charge in [-0.3, -0.25) is 9.59 Å². The quantitative estimate of drug-likeness (QED) is 0.0322. The van der Waals surface area contributed by atoms with E-state index >= 15 is 0 Å². The largest absolute Gasteiger partial charge is 0.458 e. The zero-order valence-electron chi connectivity index (χ0n) is 40.3. The summed E-state index contributed by atoms with van der Waals surface area (Å²) in [5.41, 5.74) is 0. The lowest BCUT2D eigenvalue weighted by molar-refractivity contribution is -0.148. The summed E-state index contributed by atoms with van der Waals surface area (Å²) in [6, 6.07) is -0.738. The molecule has 0 spiro atoms. The highest BCUT2D eigenvalue weighted by molar-refractivity contribution is 5.78. The number of aliphatic hydroxyl groups excluding tert-OH is 2. The van der Waals surface area contributed by atoms with Gasteiger partial charge >= 0.3 is 5.97 Å². The van der Waals surface area contributed by atoms with Gasteiger partial charge in [-0.2, -0.15) is 0 Å². The maximum Gasteiger partial charge on any atom is 0.306 e. The van der Waals surface area contributed by atoms with E-state index < -0.39 is 18.2 Å². The van der Waals surface area contributed by atoms with Gasteiger partial charge in [-0.25, -0.2) is 0 Å². The maximum atomic E-state index is 13.2. The fourth-order valence-corrected chi connectivity index (χ4v) is 7.65. The van der Waals surface area contributed by atoms with Gasteiger partial charge in [0.1, 0.15) is 6.10 Å². The molecule has 61 heavy (non-hydrogen) atoms. The maximum absolute atomic E-state index is 13.2. The number of hydrogen-bond acceptors (Lipinski definition) is 5. The molecule has 0 saturated heterocycles. The summed E-state index contributed by atoms with van der Waals surface area (Å²) >= 11 is 0. The molecule has 0 heterocycles. The number of ether oxygens (including phenoxy) is 1. The fraction of sp³-hybridized carbons (Fsp3) is 0.782. The number of esters is 1. The van der Waals surface area contributed by atoms with Gasteiger partial charge in [0, 0.05) is 6.42 Å². The number of aliphatic hydroxyl groups is 2. The van der Waals surface area contributed by atoms with Crippen LogP contribution in [0.2, 0.25) is 0 Å². The van der Waals surface area contributed by atoms with Gasteiger partial charge in [-0.05, 0) is 70.3 Å². The third-order valence-electron chi connectivity index (χ3n) is 11.6. The Labute approximate surface area is 378 Å². The second-order valence-electron chi connectivity index (χ2n) is 17.5. The van der Waals surface area contributed by atoms with Crippen molar-refractivity contribution in [2.75, 3.05) is 6.61 Å². The SMILES string of the molecule is CC/C=C/C/C=C/C/C=C/CCCCCCC(=O)OC(/C=C/C/C=C\CCCCCCCC)CC(=O)NC(CO)C(O)CCCCCCCCCCCCCCCCCCC. The van der Waals surface area contributed by atoms with Crippen molar-refractivity contribution in [3.63, 3.8) is 0 Å². The molecule has 3 atom stereocenters. The first kappa shape index (κ1) is 58.6. The van der Waals surface area contributed by atoms with Crippen LogP contribution in [0, 0.1) is 0 Å². The van der Waals surface area contributed by atoms with Gasteiger partial charge in [0.2, 0.25) is 5.91 Å². The van der Waals surface area contributed by atoms with Gasteiger partial charge in [0.05, 0.1) is 25.2 Å². The van der Waals surface area contributed by atoms with Crippen LogP contribution in [0.25, 0.3) is 0 Å². The van der Waals surface area contributed by atoms with Crippen molar-refractivity contribution < 1.29 is 24.5 Å². The number of unbranched alkanes of at least 4 members (excludes halogenated alkanes) is 26. The van der Waals surface area contributed by atoms with E-state index in [1.54, 1.807) is 0 Å². The lowest BCUT2D eigenvalue weighted by Crippen LogP contribution is -2.46. The van der Waals surface area contributed by atoms with Gasteiger partial charge < -0.3 is 20.3 Å². The van der Waals surface area contributed by atoms with E-state index in [0.717, 1.165) is 77.0 Å². The molecule has 0 radical (unpaired) electrons. The Morgan fingerprint density at radius 3 is 1.39 bits per heavy atom. The van der Waals surface area contributed by atoms with Crippen LogP contribution in [0.15, 0.2) is 60.8 Å². The zero-order valence-corrected chi connectivity index (χ0v) is 40.3. The standard InChI is InChI=1S/C55H99NO5/c1-4-7-10-13-16-19-22-24-26-27-28-29-32-35-38-41-44-47-53(58)52(50-57)56-54(59)49-51(46-43-40-37-34-31-21-18-15-12-9-6-3)61-55(60)48-45-42-39-36-33-30-25-23-20-17-14-11-8-5-2/h8,11,17,20,25,30,34,37,43,46,51-53,57-58H,4-7,9-10,12-16,18-19,21-24,26-29,31-33,35-36,38-42,44-45,47-50H2,1-3H3,(H,56,59)/b11-8+,20-17+,30-25+,37-34-,46-43+. The van der Waals surface area contributed by atoms with Crippen LogP contribution in [0.4, 0.5) is 0 Å². The molecule has 6 heteroatoms. The second kappa shape index (κ2) is 48.6. The Morgan fingerprint density at radius 2 is 0.918 bits per heavy atom. The van der Waals surface area contributed by atoms with Crippen LogP contribution in [0.1, 0.15) is 252 Å². The van der Waals surface area contributed by atoms with Gasteiger partial charge in [-0.15, -0.1) is 0 Å². The summed E-state index contributed by atoms with van der Waals surface area (Å²) in [4.78, 5) is 26.0. The molecule has 0 fully saturated rings. The number of nitrogens with one attached hydrogen (secondary N) is 1. The van der Waals surface area contributed by atoms with Crippen LogP contribution in [0.3, 0.4) is 0 Å². The summed E-state index contributed by atoms with van der Waals surface area (Å²) in [5.74, 6) is -0.627. The Bertz CT molecular complexity index is 1090. The summed E-state index contributed by atoms with van der Waals surface area (Å²) < 4.78 is 5.81. The van der Waals surface area contributed by atoms with E-state index in [0.29, 0.717) is 19.3 Å². The van der Waals surface area contributed by atoms with Crippen LogP contribution in [0.5, 0.6) is 0 Å². The van der Waals surface area contributed by atoms with Crippen LogP contribution < -0.4 is 5.32 Å². The van der Waals surface area contributed by atoms with Crippen molar-refractivity contribution in [2.24, 2.45) is 0 Å². The Kier molecular flexibility index (Phi) is 46.6. The van der Waals surface area contributed by atoms with Gasteiger partial charge in [0.15, 0.2) is 0 Å². The molecule has 0 saturated carbocycles. The number of rotatable bonds is 46. The lowest BCUT2D eigenvalue weighted by atomic mass is 10.0. The number of allylic oxidation sites excluding steroid dienone is 9. The van der Waals surface area contributed by atoms with Crippen LogP contribution in [-0.4, -0.2) is 46.9 Å². The molecule has 1 amide bonds. The third kappa shape index (κ3) is 44.0. The van der Waals surface area contributed by atoms with Crippen molar-refractivity contribution in [2.45, 2.75) is 270 Å². The highest BCUT2D eigenvalue weighted by Gasteiger charge is 2.23. The molecule has 0 aliphatic rings. The lowest BCUT2D eigenvalue weighted by Gasteiger charge is -2.23. The fourth-order valence-electron chi connectivity index (χ4n) is 7.65. The number of hydrogen-bond donors (Lipinski definition) is 3. The highest BCUT2D eigenvalue weighted by atomic mass is 16.5. The minimum Gasteiger partial charge on any atom is -0.458 e. The Balaban J connectivity index is 4.58. The number of carbonyl (C=O) groups excluding carboxylic acids is 2. The van der Waals surface area contributed by atoms with Crippen molar-refractivity contribution in [3.8, 4) is 0 Å². The average molecular weight is 854 g/mol. The minimum absolute atomic E-state index is 0.0387. The molecular weight excluding hydrogens is 755 g/mol. The highest BCUT2D eigenvalue weighted by Crippen LogP contribution is 2.16. The predicted octanol–water partition coefficient (Wildman–Crippen LogP) is 15.6. The Hall–Kier alpha value is -2.44. The van der Waals surface area contributed by atoms with Crippen molar-refractivity contribution >= 4 is 11.9 Å². The third-order valence-corrected chi connectivity index (χ3v) is 11.6. The predicted molar refractivity (Wildman–Crippen MR) is 264 cm³/mol. The monoisotopic (exact) mass is 854 g/mol. The van der Waals surface area contributed by atoms with Crippen LogP contribution in [-0.2, 0) is 14.3 Å². The van der Waals surface area contributed by atoms with Crippen molar-refractivity contribution in [3.05, 3.63) is 60.8 Å². The van der Waals surface area contributed by atoms with Crippen LogP contribution >= 0.6 is 0 Å². The molecule has 3 unspecified atom stereocenters. The molecule has 0 aromatic heterocycles.